The van der Waals surface area contributed by atoms with E-state index < -0.39 is 5.91 Å². The first-order valence-corrected chi connectivity index (χ1v) is 11.5. The molecule has 0 radical (unpaired) electrons. The third kappa shape index (κ3) is 4.53. The van der Waals surface area contributed by atoms with Crippen LogP contribution in [0.4, 0.5) is 4.39 Å². The van der Waals surface area contributed by atoms with E-state index in [4.69, 9.17) is 5.73 Å². The Labute approximate surface area is 206 Å². The molecule has 3 heterocycles. The van der Waals surface area contributed by atoms with Crippen LogP contribution in [0.3, 0.4) is 0 Å². The summed E-state index contributed by atoms with van der Waals surface area (Å²) in [6, 6.07) is 12.1. The van der Waals surface area contributed by atoms with Gasteiger partial charge in [0.1, 0.15) is 5.82 Å². The average Bonchev–Trinajstić information content (AvgIpc) is 3.20. The fourth-order valence-electron chi connectivity index (χ4n) is 4.38. The Morgan fingerprint density at radius 2 is 1.92 bits per heavy atom. The highest BCUT2D eigenvalue weighted by molar-refractivity contribution is 6.05. The van der Waals surface area contributed by atoms with Gasteiger partial charge in [0.15, 0.2) is 0 Å². The number of aryl methyl sites for hydroxylation is 2. The van der Waals surface area contributed by atoms with Crippen molar-refractivity contribution >= 4 is 33.6 Å². The Kier molecular flexibility index (Phi) is 5.93. The molecule has 2 aromatic carbocycles. The van der Waals surface area contributed by atoms with Crippen LogP contribution in [0.2, 0.25) is 0 Å². The summed E-state index contributed by atoms with van der Waals surface area (Å²) < 4.78 is 14.5. The van der Waals surface area contributed by atoms with E-state index in [1.54, 1.807) is 36.7 Å². The number of aromatic amines is 1. The number of rotatable bonds is 6. The lowest BCUT2D eigenvalue weighted by Crippen LogP contribution is -2.23. The smallest absolute Gasteiger partial charge is 0.251 e. The number of nitrogens with two attached hydrogens (primary N) is 1. The van der Waals surface area contributed by atoms with Crippen molar-refractivity contribution in [1.82, 2.24) is 20.3 Å². The molecule has 0 unspecified atom stereocenters. The summed E-state index contributed by atoms with van der Waals surface area (Å²) in [5, 5.41) is 4.52. The Balaban J connectivity index is 1.36. The minimum absolute atomic E-state index is 0.0574. The lowest BCUT2D eigenvalue weighted by Gasteiger charge is -2.10. The van der Waals surface area contributed by atoms with E-state index in [0.29, 0.717) is 34.3 Å². The molecule has 4 N–H and O–H groups in total. The summed E-state index contributed by atoms with van der Waals surface area (Å²) in [4.78, 5) is 36.6. The Bertz CT molecular complexity index is 1660. The summed E-state index contributed by atoms with van der Waals surface area (Å²) in [6.45, 7) is 3.93. The molecule has 0 aliphatic rings. The second-order valence-corrected chi connectivity index (χ2v) is 8.95. The second-order valence-electron chi connectivity index (χ2n) is 8.95. The number of carbonyl (C=O) groups excluding carboxylic acids is 2. The molecule has 2 amide bonds. The lowest BCUT2D eigenvalue weighted by molar-refractivity contribution is 0.0949. The SMILES string of the molecule is Cc1cnc2c(C(N)=O)cc(Cc3cc(C(=O)NCc4cc5c(C)c[nH]c5cc4F)ccn3)cc2c1. The number of nitrogens with zero attached hydrogens (tertiary/aromatic N) is 2. The molecule has 0 saturated carbocycles. The second kappa shape index (κ2) is 9.22. The summed E-state index contributed by atoms with van der Waals surface area (Å²) in [7, 11) is 0. The van der Waals surface area contributed by atoms with Gasteiger partial charge >= 0.3 is 0 Å². The molecule has 7 nitrogen and oxygen atoms in total. The van der Waals surface area contributed by atoms with Gasteiger partial charge in [-0.05, 0) is 73.0 Å². The molecule has 8 heteroatoms. The first-order valence-electron chi connectivity index (χ1n) is 11.5. The molecule has 180 valence electrons. The van der Waals surface area contributed by atoms with Crippen molar-refractivity contribution in [3.8, 4) is 0 Å². The van der Waals surface area contributed by atoms with E-state index in [9.17, 15) is 14.0 Å². The molecule has 0 fully saturated rings. The summed E-state index contributed by atoms with van der Waals surface area (Å²) in [5.74, 6) is -1.27. The van der Waals surface area contributed by atoms with Gasteiger partial charge in [0.25, 0.3) is 11.8 Å². The maximum Gasteiger partial charge on any atom is 0.251 e. The molecule has 36 heavy (non-hydrogen) atoms. The minimum atomic E-state index is -0.556. The van der Waals surface area contributed by atoms with Crippen LogP contribution in [0, 0.1) is 19.7 Å². The van der Waals surface area contributed by atoms with Crippen LogP contribution in [-0.2, 0) is 13.0 Å². The number of carbonyl (C=O) groups is 2. The molecule has 0 bridgehead atoms. The highest BCUT2D eigenvalue weighted by atomic mass is 19.1. The molecule has 0 spiro atoms. The first-order chi connectivity index (χ1) is 17.3. The molecule has 0 atom stereocenters. The maximum absolute atomic E-state index is 14.5. The van der Waals surface area contributed by atoms with Gasteiger partial charge in [0.2, 0.25) is 0 Å². The third-order valence-electron chi connectivity index (χ3n) is 6.20. The summed E-state index contributed by atoms with van der Waals surface area (Å²) in [5.41, 5.74) is 11.5. The van der Waals surface area contributed by atoms with Gasteiger partial charge in [-0.3, -0.25) is 19.6 Å². The number of nitrogens with one attached hydrogen (secondary N) is 2. The number of fused-ring (bicyclic) bond motifs is 2. The number of H-pyrrole nitrogens is 1. The van der Waals surface area contributed by atoms with Crippen LogP contribution in [0.15, 0.2) is 61.1 Å². The van der Waals surface area contributed by atoms with Gasteiger partial charge in [-0.25, -0.2) is 4.39 Å². The number of primary amides is 1. The first kappa shape index (κ1) is 23.2. The zero-order chi connectivity index (χ0) is 25.4. The number of pyridine rings is 2. The fraction of sp³-hybridized carbons (Fsp3) is 0.143. The Hall–Kier alpha value is -4.59. The summed E-state index contributed by atoms with van der Waals surface area (Å²) >= 11 is 0. The largest absolute Gasteiger partial charge is 0.366 e. The van der Waals surface area contributed by atoms with Gasteiger partial charge in [-0.15, -0.1) is 0 Å². The van der Waals surface area contributed by atoms with E-state index in [0.717, 1.165) is 33.0 Å². The maximum atomic E-state index is 14.5. The quantitative estimate of drug-likeness (QED) is 0.332. The molecule has 5 rings (SSSR count). The third-order valence-corrected chi connectivity index (χ3v) is 6.20. The molecule has 0 aliphatic carbocycles. The van der Waals surface area contributed by atoms with Gasteiger partial charge in [0.05, 0.1) is 11.1 Å². The number of aromatic nitrogens is 3. The van der Waals surface area contributed by atoms with Gasteiger partial charge in [0, 0.05) is 64.7 Å². The molecule has 3 aromatic heterocycles. The van der Waals surface area contributed by atoms with Crippen LogP contribution in [0.1, 0.15) is 48.7 Å². The van der Waals surface area contributed by atoms with Crippen molar-refractivity contribution in [1.29, 1.82) is 0 Å². The van der Waals surface area contributed by atoms with Crippen LogP contribution in [-0.4, -0.2) is 26.8 Å². The number of benzene rings is 2. The molecule has 5 aromatic rings. The van der Waals surface area contributed by atoms with E-state index in [-0.39, 0.29) is 18.3 Å². The molecular formula is C28H24FN5O2. The van der Waals surface area contributed by atoms with Crippen molar-refractivity contribution in [2.75, 3.05) is 0 Å². The van der Waals surface area contributed by atoms with E-state index in [2.05, 4.69) is 20.3 Å². The fourth-order valence-corrected chi connectivity index (χ4v) is 4.38. The minimum Gasteiger partial charge on any atom is -0.366 e. The van der Waals surface area contributed by atoms with Crippen molar-refractivity contribution in [2.24, 2.45) is 5.73 Å². The van der Waals surface area contributed by atoms with Crippen LogP contribution >= 0.6 is 0 Å². The molecular weight excluding hydrogens is 457 g/mol. The average molecular weight is 482 g/mol. The predicted octanol–water partition coefficient (Wildman–Crippen LogP) is 4.49. The Morgan fingerprint density at radius 1 is 1.08 bits per heavy atom. The van der Waals surface area contributed by atoms with Crippen LogP contribution in [0.5, 0.6) is 0 Å². The van der Waals surface area contributed by atoms with Gasteiger partial charge < -0.3 is 16.0 Å². The number of hydrogen-bond donors (Lipinski definition) is 3. The van der Waals surface area contributed by atoms with Crippen molar-refractivity contribution in [2.45, 2.75) is 26.8 Å². The van der Waals surface area contributed by atoms with Crippen LogP contribution < -0.4 is 11.1 Å². The monoisotopic (exact) mass is 481 g/mol. The number of halogens is 1. The van der Waals surface area contributed by atoms with E-state index in [1.807, 2.05) is 32.2 Å². The van der Waals surface area contributed by atoms with Gasteiger partial charge in [-0.1, -0.05) is 0 Å². The van der Waals surface area contributed by atoms with Crippen molar-refractivity contribution < 1.29 is 14.0 Å². The zero-order valence-electron chi connectivity index (χ0n) is 19.9. The van der Waals surface area contributed by atoms with E-state index in [1.165, 1.54) is 6.07 Å². The lowest BCUT2D eigenvalue weighted by atomic mass is 10.00. The van der Waals surface area contributed by atoms with Crippen molar-refractivity contribution in [3.63, 3.8) is 0 Å². The highest BCUT2D eigenvalue weighted by Crippen LogP contribution is 2.23. The zero-order valence-corrected chi connectivity index (χ0v) is 19.9. The predicted molar refractivity (Wildman–Crippen MR) is 136 cm³/mol. The van der Waals surface area contributed by atoms with E-state index >= 15 is 0 Å². The van der Waals surface area contributed by atoms with Gasteiger partial charge in [-0.2, -0.15) is 0 Å². The standard InChI is InChI=1S/C28H24FN5O2/c1-15-5-19-6-17(8-23(27(30)35)26(19)33-12-15)7-21-9-18(3-4-31-21)28(36)34-14-20-10-22-16(2)13-32-25(22)11-24(20)29/h3-6,8-13,32H,7,14H2,1-2H3,(H2,30,35)(H,34,36). The highest BCUT2D eigenvalue weighted by Gasteiger charge is 2.14. The molecule has 0 aliphatic heterocycles. The summed E-state index contributed by atoms with van der Waals surface area (Å²) in [6.07, 6.45) is 5.47. The Morgan fingerprint density at radius 3 is 2.72 bits per heavy atom. The van der Waals surface area contributed by atoms with Crippen molar-refractivity contribution in [3.05, 3.63) is 106 Å². The number of hydrogen-bond acceptors (Lipinski definition) is 4. The van der Waals surface area contributed by atoms with Crippen LogP contribution in [0.25, 0.3) is 21.8 Å². The normalized spacial score (nSPS) is 11.2. The number of amides is 2. The topological polar surface area (TPSA) is 114 Å². The molecule has 0 saturated heterocycles.